The van der Waals surface area contributed by atoms with E-state index in [1.807, 2.05) is 32.9 Å². The van der Waals surface area contributed by atoms with Crippen LogP contribution in [0.5, 0.6) is 5.75 Å². The fourth-order valence-corrected chi connectivity index (χ4v) is 3.68. The van der Waals surface area contributed by atoms with Gasteiger partial charge in [0.2, 0.25) is 0 Å². The van der Waals surface area contributed by atoms with Gasteiger partial charge in [0, 0.05) is 24.0 Å². The van der Waals surface area contributed by atoms with Crippen molar-refractivity contribution in [1.29, 1.82) is 0 Å². The number of amides is 1. The molecule has 3 rings (SSSR count). The largest absolute Gasteiger partial charge is 0.487 e. The zero-order valence-electron chi connectivity index (χ0n) is 16.4. The molecule has 0 bridgehead atoms. The van der Waals surface area contributed by atoms with Gasteiger partial charge in [-0.1, -0.05) is 47.5 Å². The summed E-state index contributed by atoms with van der Waals surface area (Å²) in [6, 6.07) is 13.5. The fourth-order valence-electron chi connectivity index (χ4n) is 3.21. The predicted molar refractivity (Wildman–Crippen MR) is 112 cm³/mol. The summed E-state index contributed by atoms with van der Waals surface area (Å²) in [6.45, 7) is 7.44. The molecule has 1 heterocycles. The number of halogens is 2. The van der Waals surface area contributed by atoms with E-state index in [0.29, 0.717) is 41.4 Å². The van der Waals surface area contributed by atoms with Gasteiger partial charge in [-0.3, -0.25) is 0 Å². The summed E-state index contributed by atoms with van der Waals surface area (Å²) < 4.78 is 11.3. The first-order valence-electron chi connectivity index (χ1n) is 9.36. The lowest BCUT2D eigenvalue weighted by Gasteiger charge is -2.24. The second kappa shape index (κ2) is 8.62. The average molecular weight is 422 g/mol. The SMILES string of the molecule is CC(C)(C)OC(=O)N1CC[C@@H](c2cccc(COc3ccc(Cl)cc3Cl)c2)C1. The van der Waals surface area contributed by atoms with Gasteiger partial charge in [0.25, 0.3) is 0 Å². The zero-order valence-corrected chi connectivity index (χ0v) is 17.9. The van der Waals surface area contributed by atoms with Crippen molar-refractivity contribution in [3.05, 3.63) is 63.6 Å². The van der Waals surface area contributed by atoms with E-state index in [-0.39, 0.29) is 6.09 Å². The molecule has 6 heteroatoms. The number of hydrogen-bond donors (Lipinski definition) is 0. The van der Waals surface area contributed by atoms with Crippen LogP contribution in [0.4, 0.5) is 4.79 Å². The van der Waals surface area contributed by atoms with Crippen LogP contribution in [0.15, 0.2) is 42.5 Å². The quantitative estimate of drug-likeness (QED) is 0.581. The highest BCUT2D eigenvalue weighted by molar-refractivity contribution is 6.35. The third-order valence-corrected chi connectivity index (χ3v) is 5.08. The Morgan fingerprint density at radius 2 is 1.96 bits per heavy atom. The number of likely N-dealkylation sites (tertiary alicyclic amines) is 1. The summed E-state index contributed by atoms with van der Waals surface area (Å²) in [7, 11) is 0. The van der Waals surface area contributed by atoms with E-state index in [9.17, 15) is 4.79 Å². The summed E-state index contributed by atoms with van der Waals surface area (Å²) in [5, 5.41) is 1.07. The molecule has 1 aliphatic heterocycles. The van der Waals surface area contributed by atoms with Crippen molar-refractivity contribution in [3.8, 4) is 5.75 Å². The van der Waals surface area contributed by atoms with E-state index in [1.54, 1.807) is 23.1 Å². The van der Waals surface area contributed by atoms with Crippen molar-refractivity contribution < 1.29 is 14.3 Å². The Labute approximate surface area is 176 Å². The van der Waals surface area contributed by atoms with Crippen molar-refractivity contribution in [1.82, 2.24) is 4.90 Å². The Morgan fingerprint density at radius 3 is 2.68 bits per heavy atom. The van der Waals surface area contributed by atoms with Crippen molar-refractivity contribution in [3.63, 3.8) is 0 Å². The van der Waals surface area contributed by atoms with Crippen LogP contribution in [-0.4, -0.2) is 29.7 Å². The standard InChI is InChI=1S/C22H25Cl2NO3/c1-22(2,3)28-21(26)25-10-9-17(13-25)16-6-4-5-15(11-16)14-27-20-8-7-18(23)12-19(20)24/h4-8,11-12,17H,9-10,13-14H2,1-3H3/t17-/m1/s1. The highest BCUT2D eigenvalue weighted by Gasteiger charge is 2.30. The molecule has 0 aromatic heterocycles. The summed E-state index contributed by atoms with van der Waals surface area (Å²) >= 11 is 12.1. The fraction of sp³-hybridized carbons (Fsp3) is 0.409. The number of hydrogen-bond acceptors (Lipinski definition) is 3. The van der Waals surface area contributed by atoms with E-state index >= 15 is 0 Å². The highest BCUT2D eigenvalue weighted by atomic mass is 35.5. The Morgan fingerprint density at radius 1 is 1.18 bits per heavy atom. The third-order valence-electron chi connectivity index (χ3n) is 4.55. The van der Waals surface area contributed by atoms with Crippen LogP contribution in [0.2, 0.25) is 10.0 Å². The Hall–Kier alpha value is -1.91. The molecule has 2 aromatic rings. The minimum atomic E-state index is -0.477. The topological polar surface area (TPSA) is 38.8 Å². The van der Waals surface area contributed by atoms with Crippen LogP contribution < -0.4 is 4.74 Å². The second-order valence-electron chi connectivity index (χ2n) is 8.02. The zero-order chi connectivity index (χ0) is 20.3. The van der Waals surface area contributed by atoms with E-state index in [2.05, 4.69) is 12.1 Å². The van der Waals surface area contributed by atoms with Gasteiger partial charge < -0.3 is 14.4 Å². The third kappa shape index (κ3) is 5.55. The molecule has 0 unspecified atom stereocenters. The number of ether oxygens (including phenoxy) is 2. The average Bonchev–Trinajstić information content (AvgIpc) is 3.10. The molecule has 1 aliphatic rings. The maximum absolute atomic E-state index is 12.3. The number of rotatable bonds is 4. The van der Waals surface area contributed by atoms with E-state index in [0.717, 1.165) is 12.0 Å². The predicted octanol–water partition coefficient (Wildman–Crippen LogP) is 6.30. The minimum absolute atomic E-state index is 0.244. The highest BCUT2D eigenvalue weighted by Crippen LogP contribution is 2.30. The molecular weight excluding hydrogens is 397 g/mol. The monoisotopic (exact) mass is 421 g/mol. The van der Waals surface area contributed by atoms with Crippen molar-refractivity contribution in [2.45, 2.75) is 45.3 Å². The number of benzene rings is 2. The van der Waals surface area contributed by atoms with Gasteiger partial charge in [-0.2, -0.15) is 0 Å². The van der Waals surface area contributed by atoms with Gasteiger partial charge in [0.1, 0.15) is 18.0 Å². The van der Waals surface area contributed by atoms with Crippen molar-refractivity contribution in [2.24, 2.45) is 0 Å². The molecule has 0 N–H and O–H groups in total. The van der Waals surface area contributed by atoms with E-state index in [4.69, 9.17) is 32.7 Å². The molecule has 0 radical (unpaired) electrons. The summed E-state index contributed by atoms with van der Waals surface area (Å²) in [4.78, 5) is 14.1. The lowest BCUT2D eigenvalue weighted by molar-refractivity contribution is 0.0292. The maximum atomic E-state index is 12.3. The molecule has 4 nitrogen and oxygen atoms in total. The first-order valence-corrected chi connectivity index (χ1v) is 10.1. The molecule has 150 valence electrons. The second-order valence-corrected chi connectivity index (χ2v) is 8.86. The molecule has 2 aromatic carbocycles. The van der Waals surface area contributed by atoms with Crippen LogP contribution in [0, 0.1) is 0 Å². The molecule has 1 fully saturated rings. The molecule has 0 aliphatic carbocycles. The van der Waals surface area contributed by atoms with Gasteiger partial charge in [-0.05, 0) is 56.5 Å². The molecular formula is C22H25Cl2NO3. The minimum Gasteiger partial charge on any atom is -0.487 e. The Bertz CT molecular complexity index is 848. The summed E-state index contributed by atoms with van der Waals surface area (Å²) in [5.74, 6) is 0.903. The lowest BCUT2D eigenvalue weighted by Crippen LogP contribution is -2.35. The summed E-state index contributed by atoms with van der Waals surface area (Å²) in [5.41, 5.74) is 1.78. The van der Waals surface area contributed by atoms with Gasteiger partial charge in [0.15, 0.2) is 0 Å². The van der Waals surface area contributed by atoms with E-state index < -0.39 is 5.60 Å². The molecule has 1 saturated heterocycles. The molecule has 28 heavy (non-hydrogen) atoms. The van der Waals surface area contributed by atoms with Gasteiger partial charge in [0.05, 0.1) is 5.02 Å². The Kier molecular flexibility index (Phi) is 6.41. The normalized spacial score (nSPS) is 16.9. The molecule has 0 saturated carbocycles. The van der Waals surface area contributed by atoms with Crippen LogP contribution >= 0.6 is 23.2 Å². The van der Waals surface area contributed by atoms with Crippen LogP contribution in [-0.2, 0) is 11.3 Å². The van der Waals surface area contributed by atoms with Gasteiger partial charge in [-0.25, -0.2) is 4.79 Å². The van der Waals surface area contributed by atoms with Crippen LogP contribution in [0.1, 0.15) is 44.2 Å². The van der Waals surface area contributed by atoms with Crippen LogP contribution in [0.3, 0.4) is 0 Å². The van der Waals surface area contributed by atoms with Gasteiger partial charge >= 0.3 is 6.09 Å². The first kappa shape index (κ1) is 20.8. The first-order chi connectivity index (χ1) is 13.2. The number of nitrogens with zero attached hydrogens (tertiary/aromatic N) is 1. The van der Waals surface area contributed by atoms with E-state index in [1.165, 1.54) is 5.56 Å². The maximum Gasteiger partial charge on any atom is 0.410 e. The molecule has 1 amide bonds. The molecule has 1 atom stereocenters. The smallest absolute Gasteiger partial charge is 0.410 e. The van der Waals surface area contributed by atoms with Gasteiger partial charge in [-0.15, -0.1) is 0 Å². The van der Waals surface area contributed by atoms with Crippen LogP contribution in [0.25, 0.3) is 0 Å². The lowest BCUT2D eigenvalue weighted by atomic mass is 9.97. The summed E-state index contributed by atoms with van der Waals surface area (Å²) in [6.07, 6.45) is 0.680. The molecule has 0 spiro atoms. The number of carbonyl (C=O) groups is 1. The van der Waals surface area contributed by atoms with Crippen molar-refractivity contribution >= 4 is 29.3 Å². The number of carbonyl (C=O) groups excluding carboxylic acids is 1. The van der Waals surface area contributed by atoms with Crippen molar-refractivity contribution in [2.75, 3.05) is 13.1 Å². The Balaban J connectivity index is 1.61.